The Morgan fingerprint density at radius 1 is 1.22 bits per heavy atom. The Balaban J connectivity index is 2.04. The van der Waals surface area contributed by atoms with Crippen molar-refractivity contribution in [2.75, 3.05) is 11.9 Å². The van der Waals surface area contributed by atoms with Crippen LogP contribution in [0.4, 0.5) is 5.69 Å². The molecule has 3 rings (SSSR count). The van der Waals surface area contributed by atoms with Crippen molar-refractivity contribution in [3.05, 3.63) is 63.6 Å². The number of esters is 1. The van der Waals surface area contributed by atoms with Crippen LogP contribution in [0.3, 0.4) is 0 Å². The third-order valence-corrected chi connectivity index (χ3v) is 4.62. The molecule has 0 aliphatic carbocycles. The number of hydrogen-bond donors (Lipinski definition) is 1. The molecule has 2 aromatic rings. The Labute approximate surface area is 145 Å². The number of ether oxygens (including phenoxy) is 1. The molecule has 120 valence electrons. The molecular formula is C18H17Cl2NO2. The van der Waals surface area contributed by atoms with E-state index in [1.54, 1.807) is 6.92 Å². The van der Waals surface area contributed by atoms with Crippen LogP contribution in [0.1, 0.15) is 30.4 Å². The van der Waals surface area contributed by atoms with E-state index in [-0.39, 0.29) is 11.9 Å². The maximum absolute atomic E-state index is 12.2. The molecule has 1 aliphatic rings. The maximum atomic E-state index is 12.2. The van der Waals surface area contributed by atoms with E-state index in [0.717, 1.165) is 16.8 Å². The largest absolute Gasteiger partial charge is 0.464 e. The van der Waals surface area contributed by atoms with Crippen molar-refractivity contribution in [1.29, 1.82) is 0 Å². The van der Waals surface area contributed by atoms with Gasteiger partial charge in [-0.25, -0.2) is 4.79 Å². The number of benzene rings is 2. The molecule has 0 spiro atoms. The van der Waals surface area contributed by atoms with E-state index < -0.39 is 6.04 Å². The molecular weight excluding hydrogens is 333 g/mol. The molecule has 1 heterocycles. The average Bonchev–Trinajstić information content (AvgIpc) is 2.55. The Kier molecular flexibility index (Phi) is 4.79. The number of carbonyl (C=O) groups is 1. The summed E-state index contributed by atoms with van der Waals surface area (Å²) in [5.74, 6) is -0.252. The van der Waals surface area contributed by atoms with Crippen molar-refractivity contribution in [2.24, 2.45) is 0 Å². The number of halogens is 2. The van der Waals surface area contributed by atoms with Gasteiger partial charge < -0.3 is 10.1 Å². The topological polar surface area (TPSA) is 38.3 Å². The lowest BCUT2D eigenvalue weighted by atomic mass is 9.82. The Morgan fingerprint density at radius 3 is 2.74 bits per heavy atom. The van der Waals surface area contributed by atoms with Crippen LogP contribution in [0.2, 0.25) is 10.0 Å². The molecule has 0 saturated heterocycles. The molecule has 0 radical (unpaired) electrons. The number of rotatable bonds is 3. The van der Waals surface area contributed by atoms with Crippen molar-refractivity contribution >= 4 is 34.9 Å². The number of anilines is 1. The fourth-order valence-corrected chi connectivity index (χ4v) is 3.46. The minimum Gasteiger partial charge on any atom is -0.464 e. The number of carbonyl (C=O) groups excluding carboxylic acids is 1. The third kappa shape index (κ3) is 3.31. The highest BCUT2D eigenvalue weighted by molar-refractivity contribution is 6.31. The lowest BCUT2D eigenvalue weighted by Gasteiger charge is -2.32. The van der Waals surface area contributed by atoms with Crippen LogP contribution in [-0.2, 0) is 9.53 Å². The van der Waals surface area contributed by atoms with Gasteiger partial charge in [-0.3, -0.25) is 0 Å². The zero-order valence-corrected chi connectivity index (χ0v) is 14.2. The van der Waals surface area contributed by atoms with E-state index in [4.69, 9.17) is 27.9 Å². The van der Waals surface area contributed by atoms with Crippen molar-refractivity contribution in [3.63, 3.8) is 0 Å². The second-order valence-corrected chi connectivity index (χ2v) is 6.33. The fourth-order valence-electron chi connectivity index (χ4n) is 3.01. The Morgan fingerprint density at radius 2 is 2.00 bits per heavy atom. The molecule has 0 aromatic heterocycles. The fraction of sp³-hybridized carbons (Fsp3) is 0.278. The van der Waals surface area contributed by atoms with Crippen molar-refractivity contribution < 1.29 is 9.53 Å². The summed E-state index contributed by atoms with van der Waals surface area (Å²) < 4.78 is 5.17. The van der Waals surface area contributed by atoms with E-state index in [0.29, 0.717) is 23.1 Å². The van der Waals surface area contributed by atoms with Gasteiger partial charge in [-0.1, -0.05) is 41.4 Å². The molecule has 23 heavy (non-hydrogen) atoms. The van der Waals surface area contributed by atoms with E-state index in [1.807, 2.05) is 42.5 Å². The smallest absolute Gasteiger partial charge is 0.328 e. The van der Waals surface area contributed by atoms with Crippen LogP contribution in [0, 0.1) is 0 Å². The summed E-state index contributed by atoms with van der Waals surface area (Å²) >= 11 is 12.5. The van der Waals surface area contributed by atoms with E-state index in [2.05, 4.69) is 5.32 Å². The van der Waals surface area contributed by atoms with Gasteiger partial charge >= 0.3 is 5.97 Å². The highest BCUT2D eigenvalue weighted by atomic mass is 35.5. The lowest BCUT2D eigenvalue weighted by Crippen LogP contribution is -2.37. The first kappa shape index (κ1) is 16.2. The molecule has 1 aliphatic heterocycles. The average molecular weight is 350 g/mol. The SMILES string of the molecule is CCOC(=O)C1CC(c2ccccc2Cl)c2cc(Cl)ccc2N1. The first-order valence-corrected chi connectivity index (χ1v) is 8.32. The second kappa shape index (κ2) is 6.81. The first-order chi connectivity index (χ1) is 11.1. The van der Waals surface area contributed by atoms with Gasteiger partial charge in [0.25, 0.3) is 0 Å². The van der Waals surface area contributed by atoms with Crippen LogP contribution >= 0.6 is 23.2 Å². The van der Waals surface area contributed by atoms with Gasteiger partial charge in [-0.2, -0.15) is 0 Å². The summed E-state index contributed by atoms with van der Waals surface area (Å²) in [5.41, 5.74) is 2.93. The monoisotopic (exact) mass is 349 g/mol. The minimum atomic E-state index is -0.398. The summed E-state index contributed by atoms with van der Waals surface area (Å²) in [6.07, 6.45) is 0.579. The van der Waals surface area contributed by atoms with Gasteiger partial charge in [0, 0.05) is 21.7 Å². The third-order valence-electron chi connectivity index (χ3n) is 4.04. The summed E-state index contributed by atoms with van der Waals surface area (Å²) in [7, 11) is 0. The predicted octanol–water partition coefficient (Wildman–Crippen LogP) is 4.87. The zero-order chi connectivity index (χ0) is 16.4. The van der Waals surface area contributed by atoms with Crippen LogP contribution < -0.4 is 5.32 Å². The van der Waals surface area contributed by atoms with Crippen LogP contribution in [0.15, 0.2) is 42.5 Å². The standard InChI is InChI=1S/C18H17Cl2NO2/c1-2-23-18(22)17-10-13(12-5-3-4-6-15(12)20)14-9-11(19)7-8-16(14)21-17/h3-9,13,17,21H,2,10H2,1H3. The van der Waals surface area contributed by atoms with Crippen LogP contribution in [-0.4, -0.2) is 18.6 Å². The van der Waals surface area contributed by atoms with E-state index >= 15 is 0 Å². The molecule has 2 atom stereocenters. The normalized spacial score (nSPS) is 19.6. The highest BCUT2D eigenvalue weighted by Crippen LogP contribution is 2.42. The molecule has 2 unspecified atom stereocenters. The van der Waals surface area contributed by atoms with Gasteiger partial charge in [0.1, 0.15) is 6.04 Å². The van der Waals surface area contributed by atoms with Crippen LogP contribution in [0.5, 0.6) is 0 Å². The minimum absolute atomic E-state index is 0.00643. The highest BCUT2D eigenvalue weighted by Gasteiger charge is 2.33. The zero-order valence-electron chi connectivity index (χ0n) is 12.7. The molecule has 0 bridgehead atoms. The molecule has 2 aromatic carbocycles. The van der Waals surface area contributed by atoms with Gasteiger partial charge in [-0.05, 0) is 48.7 Å². The van der Waals surface area contributed by atoms with Gasteiger partial charge in [0.05, 0.1) is 6.61 Å². The summed E-state index contributed by atoms with van der Waals surface area (Å²) in [6, 6.07) is 12.9. The summed E-state index contributed by atoms with van der Waals surface area (Å²) in [6.45, 7) is 2.17. The second-order valence-electron chi connectivity index (χ2n) is 5.49. The molecule has 0 amide bonds. The van der Waals surface area contributed by atoms with Gasteiger partial charge in [0.15, 0.2) is 0 Å². The predicted molar refractivity (Wildman–Crippen MR) is 93.4 cm³/mol. The lowest BCUT2D eigenvalue weighted by molar-refractivity contribution is -0.144. The van der Waals surface area contributed by atoms with Crippen molar-refractivity contribution in [2.45, 2.75) is 25.3 Å². The molecule has 5 heteroatoms. The Bertz CT molecular complexity index is 733. The van der Waals surface area contributed by atoms with Gasteiger partial charge in [0.2, 0.25) is 0 Å². The quantitative estimate of drug-likeness (QED) is 0.803. The molecule has 1 N–H and O–H groups in total. The van der Waals surface area contributed by atoms with Crippen molar-refractivity contribution in [1.82, 2.24) is 0 Å². The summed E-state index contributed by atoms with van der Waals surface area (Å²) in [5, 5.41) is 4.60. The van der Waals surface area contributed by atoms with Crippen LogP contribution in [0.25, 0.3) is 0 Å². The van der Waals surface area contributed by atoms with Crippen molar-refractivity contribution in [3.8, 4) is 0 Å². The van der Waals surface area contributed by atoms with E-state index in [9.17, 15) is 4.79 Å². The maximum Gasteiger partial charge on any atom is 0.328 e. The molecule has 0 fully saturated rings. The van der Waals surface area contributed by atoms with Gasteiger partial charge in [-0.15, -0.1) is 0 Å². The number of fused-ring (bicyclic) bond motifs is 1. The first-order valence-electron chi connectivity index (χ1n) is 7.57. The molecule has 3 nitrogen and oxygen atoms in total. The number of nitrogens with one attached hydrogen (secondary N) is 1. The Hall–Kier alpha value is -1.71. The number of hydrogen-bond acceptors (Lipinski definition) is 3. The molecule has 0 saturated carbocycles. The van der Waals surface area contributed by atoms with E-state index in [1.165, 1.54) is 0 Å². The summed E-state index contributed by atoms with van der Waals surface area (Å²) in [4.78, 5) is 12.2.